The Balaban J connectivity index is 2.76. The van der Waals surface area contributed by atoms with E-state index in [4.69, 9.17) is 11.6 Å². The second-order valence-corrected chi connectivity index (χ2v) is 5.34. The number of aliphatic hydroxyl groups excluding tert-OH is 1. The van der Waals surface area contributed by atoms with E-state index in [1.807, 2.05) is 27.7 Å². The summed E-state index contributed by atoms with van der Waals surface area (Å²) in [6.45, 7) is 7.93. The predicted octanol–water partition coefficient (Wildman–Crippen LogP) is 2.70. The van der Waals surface area contributed by atoms with E-state index in [2.05, 4.69) is 5.32 Å². The van der Waals surface area contributed by atoms with Gasteiger partial charge in [-0.15, -0.1) is 0 Å². The number of carbonyl (C=O) groups excluding carboxylic acids is 1. The van der Waals surface area contributed by atoms with Crippen molar-refractivity contribution in [3.8, 4) is 0 Å². The van der Waals surface area contributed by atoms with Crippen molar-refractivity contribution in [3.63, 3.8) is 0 Å². The lowest BCUT2D eigenvalue weighted by Crippen LogP contribution is -2.34. The standard InChI is InChI=1S/C14H20ClNO2/c1-8(2)13(17)7-16-14(18)11-5-9(3)10(4)6-12(11)15/h5-6,8,13,17H,7H2,1-4H3,(H,16,18). The first-order chi connectivity index (χ1) is 8.32. The van der Waals surface area contributed by atoms with Crippen molar-refractivity contribution in [2.75, 3.05) is 6.54 Å². The number of hydrogen-bond acceptors (Lipinski definition) is 2. The fourth-order valence-corrected chi connectivity index (χ4v) is 1.79. The molecule has 0 saturated heterocycles. The lowest BCUT2D eigenvalue weighted by molar-refractivity contribution is 0.0871. The van der Waals surface area contributed by atoms with Gasteiger partial charge in [-0.1, -0.05) is 25.4 Å². The van der Waals surface area contributed by atoms with E-state index in [1.165, 1.54) is 0 Å². The van der Waals surface area contributed by atoms with Gasteiger partial charge in [-0.25, -0.2) is 0 Å². The van der Waals surface area contributed by atoms with Gasteiger partial charge in [-0.3, -0.25) is 4.79 Å². The highest BCUT2D eigenvalue weighted by molar-refractivity contribution is 6.34. The van der Waals surface area contributed by atoms with E-state index in [-0.39, 0.29) is 18.4 Å². The van der Waals surface area contributed by atoms with Gasteiger partial charge in [0.15, 0.2) is 0 Å². The van der Waals surface area contributed by atoms with Crippen molar-refractivity contribution in [2.24, 2.45) is 5.92 Å². The first kappa shape index (κ1) is 15.0. The molecule has 0 aliphatic carbocycles. The lowest BCUT2D eigenvalue weighted by atomic mass is 10.0. The van der Waals surface area contributed by atoms with Crippen molar-refractivity contribution >= 4 is 17.5 Å². The zero-order valence-corrected chi connectivity index (χ0v) is 12.0. The molecule has 1 aromatic carbocycles. The van der Waals surface area contributed by atoms with Crippen molar-refractivity contribution in [3.05, 3.63) is 33.8 Å². The molecule has 4 heteroatoms. The molecule has 1 atom stereocenters. The minimum absolute atomic E-state index is 0.112. The van der Waals surface area contributed by atoms with Crippen LogP contribution >= 0.6 is 11.6 Å². The van der Waals surface area contributed by atoms with Crippen LogP contribution in [0.4, 0.5) is 0 Å². The Hall–Kier alpha value is -1.06. The summed E-state index contributed by atoms with van der Waals surface area (Å²) in [6, 6.07) is 3.55. The molecule has 0 bridgehead atoms. The predicted molar refractivity (Wildman–Crippen MR) is 74.1 cm³/mol. The molecule has 1 unspecified atom stereocenters. The number of aliphatic hydroxyl groups is 1. The fourth-order valence-electron chi connectivity index (χ4n) is 1.48. The summed E-state index contributed by atoms with van der Waals surface area (Å²) in [7, 11) is 0. The molecule has 0 saturated carbocycles. The third-order valence-electron chi connectivity index (χ3n) is 3.07. The highest BCUT2D eigenvalue weighted by Crippen LogP contribution is 2.20. The van der Waals surface area contributed by atoms with Crippen LogP contribution < -0.4 is 5.32 Å². The molecule has 18 heavy (non-hydrogen) atoms. The zero-order valence-electron chi connectivity index (χ0n) is 11.2. The van der Waals surface area contributed by atoms with Crippen LogP contribution in [-0.2, 0) is 0 Å². The number of hydrogen-bond donors (Lipinski definition) is 2. The van der Waals surface area contributed by atoms with Gasteiger partial charge in [0, 0.05) is 6.54 Å². The van der Waals surface area contributed by atoms with Gasteiger partial charge in [0.1, 0.15) is 0 Å². The van der Waals surface area contributed by atoms with E-state index in [0.29, 0.717) is 10.6 Å². The molecule has 2 N–H and O–H groups in total. The van der Waals surface area contributed by atoms with Gasteiger partial charge < -0.3 is 10.4 Å². The third-order valence-corrected chi connectivity index (χ3v) is 3.38. The van der Waals surface area contributed by atoms with Gasteiger partial charge in [0.05, 0.1) is 16.7 Å². The Bertz CT molecular complexity index is 444. The number of benzene rings is 1. The summed E-state index contributed by atoms with van der Waals surface area (Å²) in [5.74, 6) is -0.136. The van der Waals surface area contributed by atoms with E-state index < -0.39 is 6.10 Å². The maximum Gasteiger partial charge on any atom is 0.252 e. The van der Waals surface area contributed by atoms with Crippen molar-refractivity contribution in [1.29, 1.82) is 0 Å². The number of carbonyl (C=O) groups is 1. The average molecular weight is 270 g/mol. The van der Waals surface area contributed by atoms with Crippen LogP contribution in [-0.4, -0.2) is 23.7 Å². The lowest BCUT2D eigenvalue weighted by Gasteiger charge is -2.15. The number of nitrogens with one attached hydrogen (secondary N) is 1. The largest absolute Gasteiger partial charge is 0.391 e. The van der Waals surface area contributed by atoms with E-state index >= 15 is 0 Å². The summed E-state index contributed by atoms with van der Waals surface area (Å²) in [5.41, 5.74) is 2.53. The first-order valence-corrected chi connectivity index (χ1v) is 6.43. The van der Waals surface area contributed by atoms with Crippen molar-refractivity contribution in [2.45, 2.75) is 33.8 Å². The molecule has 0 aliphatic heterocycles. The molecule has 0 radical (unpaired) electrons. The topological polar surface area (TPSA) is 49.3 Å². The summed E-state index contributed by atoms with van der Waals surface area (Å²) in [6.07, 6.45) is -0.542. The minimum Gasteiger partial charge on any atom is -0.391 e. The Morgan fingerprint density at radius 1 is 1.33 bits per heavy atom. The van der Waals surface area contributed by atoms with Crippen LogP contribution in [0.1, 0.15) is 35.3 Å². The second kappa shape index (κ2) is 6.21. The molecule has 1 aromatic rings. The minimum atomic E-state index is -0.542. The Kier molecular flexibility index (Phi) is 5.17. The van der Waals surface area contributed by atoms with E-state index in [1.54, 1.807) is 12.1 Å². The second-order valence-electron chi connectivity index (χ2n) is 4.94. The summed E-state index contributed by atoms with van der Waals surface area (Å²) >= 11 is 6.05. The molecule has 0 aromatic heterocycles. The number of rotatable bonds is 4. The molecule has 0 heterocycles. The van der Waals surface area contributed by atoms with Crippen LogP contribution in [0.15, 0.2) is 12.1 Å². The van der Waals surface area contributed by atoms with Crippen LogP contribution in [0.5, 0.6) is 0 Å². The monoisotopic (exact) mass is 269 g/mol. The SMILES string of the molecule is Cc1cc(Cl)c(C(=O)NCC(O)C(C)C)cc1C. The maximum atomic E-state index is 11.9. The highest BCUT2D eigenvalue weighted by atomic mass is 35.5. The maximum absolute atomic E-state index is 11.9. The zero-order chi connectivity index (χ0) is 13.9. The van der Waals surface area contributed by atoms with Gasteiger partial charge in [0.25, 0.3) is 5.91 Å². The molecule has 0 spiro atoms. The normalized spacial score (nSPS) is 12.6. The van der Waals surface area contributed by atoms with E-state index in [9.17, 15) is 9.90 Å². The van der Waals surface area contributed by atoms with Crippen molar-refractivity contribution in [1.82, 2.24) is 5.32 Å². The Labute approximate surface area is 113 Å². The Morgan fingerprint density at radius 3 is 2.44 bits per heavy atom. The van der Waals surface area contributed by atoms with Gasteiger partial charge in [0.2, 0.25) is 0 Å². The number of amides is 1. The summed E-state index contributed by atoms with van der Waals surface area (Å²) < 4.78 is 0. The van der Waals surface area contributed by atoms with Gasteiger partial charge in [-0.05, 0) is 43.0 Å². The average Bonchev–Trinajstić information content (AvgIpc) is 2.30. The van der Waals surface area contributed by atoms with Crippen LogP contribution in [0.2, 0.25) is 5.02 Å². The highest BCUT2D eigenvalue weighted by Gasteiger charge is 2.14. The van der Waals surface area contributed by atoms with Gasteiger partial charge in [-0.2, -0.15) is 0 Å². The van der Waals surface area contributed by atoms with Gasteiger partial charge >= 0.3 is 0 Å². The number of aryl methyl sites for hydroxylation is 2. The van der Waals surface area contributed by atoms with Crippen LogP contribution in [0, 0.1) is 19.8 Å². The molecular formula is C14H20ClNO2. The summed E-state index contributed by atoms with van der Waals surface area (Å²) in [4.78, 5) is 11.9. The first-order valence-electron chi connectivity index (χ1n) is 6.06. The number of halogens is 1. The van der Waals surface area contributed by atoms with Crippen LogP contribution in [0.3, 0.4) is 0 Å². The third kappa shape index (κ3) is 3.72. The molecule has 0 fully saturated rings. The molecule has 100 valence electrons. The van der Waals surface area contributed by atoms with E-state index in [0.717, 1.165) is 11.1 Å². The molecule has 1 amide bonds. The smallest absolute Gasteiger partial charge is 0.252 e. The molecule has 1 rings (SSSR count). The summed E-state index contributed by atoms with van der Waals surface area (Å²) in [5, 5.41) is 12.8. The molecule has 3 nitrogen and oxygen atoms in total. The molecule has 0 aliphatic rings. The molecular weight excluding hydrogens is 250 g/mol. The van der Waals surface area contributed by atoms with Crippen molar-refractivity contribution < 1.29 is 9.90 Å². The Morgan fingerprint density at radius 2 is 1.89 bits per heavy atom. The quantitative estimate of drug-likeness (QED) is 0.883. The fraction of sp³-hybridized carbons (Fsp3) is 0.500. The van der Waals surface area contributed by atoms with Crippen LogP contribution in [0.25, 0.3) is 0 Å².